The van der Waals surface area contributed by atoms with Crippen molar-refractivity contribution in [1.29, 1.82) is 0 Å². The first-order valence-electron chi connectivity index (χ1n) is 10.1. The van der Waals surface area contributed by atoms with Crippen LogP contribution in [0.15, 0.2) is 27.9 Å². The number of H-pyrrole nitrogens is 1. The summed E-state index contributed by atoms with van der Waals surface area (Å²) in [6.07, 6.45) is 1.49. The van der Waals surface area contributed by atoms with Crippen LogP contribution in [0.25, 0.3) is 16.9 Å². The monoisotopic (exact) mass is 449 g/mol. The van der Waals surface area contributed by atoms with Gasteiger partial charge in [-0.15, -0.1) is 5.10 Å². The minimum absolute atomic E-state index is 0.0281. The van der Waals surface area contributed by atoms with E-state index < -0.39 is 10.0 Å². The first-order valence-corrected chi connectivity index (χ1v) is 11.5. The van der Waals surface area contributed by atoms with Crippen molar-refractivity contribution in [2.45, 2.75) is 38.5 Å². The van der Waals surface area contributed by atoms with E-state index in [-0.39, 0.29) is 29.4 Å². The third kappa shape index (κ3) is 4.78. The zero-order valence-electron chi connectivity index (χ0n) is 18.1. The van der Waals surface area contributed by atoms with E-state index in [2.05, 4.69) is 19.8 Å². The van der Waals surface area contributed by atoms with Crippen LogP contribution in [0.3, 0.4) is 0 Å². The Bertz CT molecular complexity index is 1230. The van der Waals surface area contributed by atoms with E-state index in [1.54, 1.807) is 13.0 Å². The highest BCUT2D eigenvalue weighted by Crippen LogP contribution is 2.30. The molecule has 3 rings (SSSR count). The number of nitrogens with zero attached hydrogens (tertiary/aromatic N) is 3. The Morgan fingerprint density at radius 3 is 2.71 bits per heavy atom. The number of ether oxygens (including phenoxy) is 2. The summed E-state index contributed by atoms with van der Waals surface area (Å²) >= 11 is 0. The Kier molecular flexibility index (Phi) is 7.08. The summed E-state index contributed by atoms with van der Waals surface area (Å²) in [5.74, 6) is 1.28. The van der Waals surface area contributed by atoms with Crippen LogP contribution in [0.5, 0.6) is 5.75 Å². The zero-order valence-corrected chi connectivity index (χ0v) is 18.9. The van der Waals surface area contributed by atoms with Gasteiger partial charge in [0.2, 0.25) is 10.0 Å². The summed E-state index contributed by atoms with van der Waals surface area (Å²) in [6.45, 7) is 6.34. The lowest BCUT2D eigenvalue weighted by Crippen LogP contribution is -2.27. The molecule has 0 unspecified atom stereocenters. The molecular formula is C20H27N5O5S. The van der Waals surface area contributed by atoms with Crippen LogP contribution in [0.2, 0.25) is 0 Å². The SMILES string of the molecule is CCCc1nc(C)c2c(=O)[nH]c(-c3cc(S(=O)(=O)NCCOC)ccc3OCC)nn12. The molecule has 0 atom stereocenters. The van der Waals surface area contributed by atoms with Gasteiger partial charge >= 0.3 is 0 Å². The Morgan fingerprint density at radius 2 is 2.03 bits per heavy atom. The normalized spacial score (nSPS) is 11.9. The quantitative estimate of drug-likeness (QED) is 0.451. The van der Waals surface area contributed by atoms with Gasteiger partial charge in [0.25, 0.3) is 5.56 Å². The molecule has 0 bridgehead atoms. The van der Waals surface area contributed by atoms with Crippen molar-refractivity contribution in [3.8, 4) is 17.1 Å². The van der Waals surface area contributed by atoms with E-state index in [1.165, 1.54) is 23.8 Å². The first kappa shape index (κ1) is 22.9. The number of fused-ring (bicyclic) bond motifs is 1. The average molecular weight is 450 g/mol. The van der Waals surface area contributed by atoms with Gasteiger partial charge < -0.3 is 14.5 Å². The molecule has 0 radical (unpaired) electrons. The van der Waals surface area contributed by atoms with Crippen molar-refractivity contribution < 1.29 is 17.9 Å². The van der Waals surface area contributed by atoms with E-state index in [0.29, 0.717) is 41.4 Å². The number of sulfonamides is 1. The summed E-state index contributed by atoms with van der Waals surface area (Å²) in [6, 6.07) is 4.44. The third-order valence-corrected chi connectivity index (χ3v) is 6.09. The van der Waals surface area contributed by atoms with Crippen LogP contribution < -0.4 is 15.0 Å². The fraction of sp³-hybridized carbons (Fsp3) is 0.450. The Hall–Kier alpha value is -2.76. The minimum Gasteiger partial charge on any atom is -0.493 e. The van der Waals surface area contributed by atoms with Crippen LogP contribution >= 0.6 is 0 Å². The predicted octanol–water partition coefficient (Wildman–Crippen LogP) is 1.67. The molecule has 1 aromatic carbocycles. The number of nitrogens with one attached hydrogen (secondary N) is 2. The molecule has 0 amide bonds. The van der Waals surface area contributed by atoms with E-state index in [1.807, 2.05) is 13.8 Å². The fourth-order valence-electron chi connectivity index (χ4n) is 3.25. The van der Waals surface area contributed by atoms with Gasteiger partial charge in [0.1, 0.15) is 11.6 Å². The van der Waals surface area contributed by atoms with Crippen LogP contribution in [0.1, 0.15) is 31.8 Å². The van der Waals surface area contributed by atoms with Crippen LogP contribution in [-0.4, -0.2) is 54.9 Å². The van der Waals surface area contributed by atoms with Crippen molar-refractivity contribution in [2.24, 2.45) is 0 Å². The van der Waals surface area contributed by atoms with E-state index >= 15 is 0 Å². The average Bonchev–Trinajstić information content (AvgIpc) is 3.04. The topological polar surface area (TPSA) is 128 Å². The highest BCUT2D eigenvalue weighted by atomic mass is 32.2. The second-order valence-corrected chi connectivity index (χ2v) is 8.68. The molecule has 168 valence electrons. The molecule has 0 saturated heterocycles. The number of hydrogen-bond acceptors (Lipinski definition) is 7. The van der Waals surface area contributed by atoms with Gasteiger partial charge in [-0.1, -0.05) is 6.92 Å². The number of rotatable bonds is 10. The molecule has 0 spiro atoms. The second kappa shape index (κ2) is 9.58. The number of aromatic amines is 1. The smallest absolute Gasteiger partial charge is 0.277 e. The van der Waals surface area contributed by atoms with Gasteiger partial charge in [0.15, 0.2) is 11.3 Å². The number of benzene rings is 1. The Labute approximate surface area is 180 Å². The van der Waals surface area contributed by atoms with Crippen LogP contribution in [-0.2, 0) is 21.2 Å². The maximum Gasteiger partial charge on any atom is 0.277 e. The first-order chi connectivity index (χ1) is 14.8. The van der Waals surface area contributed by atoms with Crippen LogP contribution in [0, 0.1) is 6.92 Å². The maximum absolute atomic E-state index is 12.8. The van der Waals surface area contributed by atoms with Crippen LogP contribution in [0.4, 0.5) is 0 Å². The summed E-state index contributed by atoms with van der Waals surface area (Å²) < 4.78 is 39.9. The molecule has 10 nitrogen and oxygen atoms in total. The molecule has 0 aliphatic rings. The Morgan fingerprint density at radius 1 is 1.26 bits per heavy atom. The van der Waals surface area contributed by atoms with Crippen molar-refractivity contribution in [1.82, 2.24) is 24.3 Å². The molecule has 3 aromatic rings. The molecule has 2 N–H and O–H groups in total. The number of aromatic nitrogens is 4. The molecule has 0 saturated carbocycles. The zero-order chi connectivity index (χ0) is 22.6. The van der Waals surface area contributed by atoms with E-state index in [4.69, 9.17) is 9.47 Å². The lowest BCUT2D eigenvalue weighted by Gasteiger charge is -2.13. The molecule has 11 heteroatoms. The lowest BCUT2D eigenvalue weighted by molar-refractivity contribution is 0.204. The lowest BCUT2D eigenvalue weighted by atomic mass is 10.2. The summed E-state index contributed by atoms with van der Waals surface area (Å²) in [5.41, 5.74) is 0.971. The standard InChI is InChI=1S/C20H27N5O5S/c1-5-7-17-22-13(3)18-20(26)23-19(24-25(17)18)15-12-14(8-9-16(15)30-6-2)31(27,28)21-10-11-29-4/h8-9,12,21H,5-7,10-11H2,1-4H3,(H,23,24,26). The van der Waals surface area contributed by atoms with E-state index in [9.17, 15) is 13.2 Å². The van der Waals surface area contributed by atoms with Crippen molar-refractivity contribution in [3.05, 3.63) is 40.1 Å². The number of hydrogen-bond donors (Lipinski definition) is 2. The molecule has 0 fully saturated rings. The second-order valence-electron chi connectivity index (χ2n) is 6.91. The van der Waals surface area contributed by atoms with E-state index in [0.717, 1.165) is 6.42 Å². The number of aryl methyl sites for hydroxylation is 2. The Balaban J connectivity index is 2.17. The van der Waals surface area contributed by atoms with Crippen molar-refractivity contribution in [3.63, 3.8) is 0 Å². The van der Waals surface area contributed by atoms with Gasteiger partial charge in [-0.05, 0) is 38.5 Å². The van der Waals surface area contributed by atoms with Crippen molar-refractivity contribution in [2.75, 3.05) is 26.9 Å². The summed E-state index contributed by atoms with van der Waals surface area (Å²) in [4.78, 5) is 20.0. The molecule has 0 aliphatic heterocycles. The number of imidazole rings is 1. The predicted molar refractivity (Wildman–Crippen MR) is 116 cm³/mol. The third-order valence-electron chi connectivity index (χ3n) is 4.63. The maximum atomic E-state index is 12.8. The molecule has 31 heavy (non-hydrogen) atoms. The molecular weight excluding hydrogens is 422 g/mol. The molecule has 2 aromatic heterocycles. The summed E-state index contributed by atoms with van der Waals surface area (Å²) in [7, 11) is -2.29. The van der Waals surface area contributed by atoms with Gasteiger partial charge in [-0.2, -0.15) is 0 Å². The van der Waals surface area contributed by atoms with Gasteiger partial charge in [0.05, 0.1) is 29.4 Å². The number of methoxy groups -OCH3 is 1. The van der Waals surface area contributed by atoms with Crippen molar-refractivity contribution >= 4 is 15.5 Å². The van der Waals surface area contributed by atoms with Gasteiger partial charge in [0, 0.05) is 20.1 Å². The van der Waals surface area contributed by atoms with Gasteiger partial charge in [-0.3, -0.25) is 4.79 Å². The fourth-order valence-corrected chi connectivity index (χ4v) is 4.29. The van der Waals surface area contributed by atoms with Gasteiger partial charge in [-0.25, -0.2) is 22.6 Å². The largest absolute Gasteiger partial charge is 0.493 e. The highest BCUT2D eigenvalue weighted by molar-refractivity contribution is 7.89. The summed E-state index contributed by atoms with van der Waals surface area (Å²) in [5, 5.41) is 4.57. The highest BCUT2D eigenvalue weighted by Gasteiger charge is 2.20. The minimum atomic E-state index is -3.78. The molecule has 0 aliphatic carbocycles. The molecule has 2 heterocycles.